The number of halogens is 5. The zero-order valence-electron chi connectivity index (χ0n) is 13.7. The van der Waals surface area contributed by atoms with Gasteiger partial charge in [-0.2, -0.15) is 0 Å². The smallest absolute Gasteiger partial charge is 0.503 e. The molecule has 3 aromatic rings. The molecule has 0 aromatic heterocycles. The summed E-state index contributed by atoms with van der Waals surface area (Å²) in [6, 6.07) is 13.9. The number of ether oxygens (including phenoxy) is 1. The molecule has 0 aliphatic heterocycles. The first-order valence-electron chi connectivity index (χ1n) is 7.37. The van der Waals surface area contributed by atoms with Crippen molar-refractivity contribution in [3.05, 3.63) is 72.3 Å². The van der Waals surface area contributed by atoms with Crippen LogP contribution in [-0.4, -0.2) is 11.5 Å². The van der Waals surface area contributed by atoms with Crippen molar-refractivity contribution in [1.29, 1.82) is 0 Å². The van der Waals surface area contributed by atoms with Gasteiger partial charge < -0.3 is 9.84 Å². The first-order chi connectivity index (χ1) is 12.2. The molecule has 1 N–H and O–H groups in total. The van der Waals surface area contributed by atoms with E-state index in [1.165, 1.54) is 24.3 Å². The predicted octanol–water partition coefficient (Wildman–Crippen LogP) is 5.90. The van der Waals surface area contributed by atoms with Crippen LogP contribution in [-0.2, 0) is 0 Å². The third-order valence-electron chi connectivity index (χ3n) is 3.66. The Labute approximate surface area is 145 Å². The summed E-state index contributed by atoms with van der Waals surface area (Å²) in [4.78, 5) is 0. The molecule has 0 saturated carbocycles. The molecule has 2 nitrogen and oxygen atoms in total. The summed E-state index contributed by atoms with van der Waals surface area (Å²) >= 11 is 0. The Morgan fingerprint density at radius 3 is 1.44 bits per heavy atom. The van der Waals surface area contributed by atoms with E-state index in [1.807, 2.05) is 0 Å². The average Bonchev–Trinajstić information content (AvgIpc) is 2.59. The van der Waals surface area contributed by atoms with Gasteiger partial charge in [-0.1, -0.05) is 36.4 Å². The third-order valence-corrected chi connectivity index (χ3v) is 3.66. The molecule has 0 aliphatic carbocycles. The van der Waals surface area contributed by atoms with Gasteiger partial charge in [-0.3, -0.25) is 0 Å². The Hall–Kier alpha value is -4.09. The van der Waals surface area contributed by atoms with Crippen LogP contribution in [0, 0.1) is 11.6 Å². The molecule has 0 saturated heterocycles. The molecule has 0 amide bonds. The van der Waals surface area contributed by atoms with Gasteiger partial charge in [-0.15, -0.1) is 13.2 Å². The van der Waals surface area contributed by atoms with Crippen molar-refractivity contribution < 1.29 is 31.8 Å². The molecule has 0 aliphatic rings. The SMILES string of the molecule is Oc1c(F)cc(-c2ccc(-c3ccc(OC(F)(F)F)cc3)cc2)cc1F.[Rf]. The maximum absolute atomic E-state index is 13.4. The van der Waals surface area contributed by atoms with Gasteiger partial charge in [0, 0.05) is 0 Å². The first-order valence-corrected chi connectivity index (χ1v) is 7.37. The minimum absolute atomic E-state index is 0. The van der Waals surface area contributed by atoms with E-state index in [4.69, 9.17) is 5.11 Å². The van der Waals surface area contributed by atoms with E-state index >= 15 is 0 Å². The summed E-state index contributed by atoms with van der Waals surface area (Å²) in [5, 5.41) is 9.13. The number of phenolic OH excluding ortho intramolecular Hbond substituents is 1. The summed E-state index contributed by atoms with van der Waals surface area (Å²) in [5.74, 6) is -3.49. The van der Waals surface area contributed by atoms with Gasteiger partial charge >= 0.3 is 6.36 Å². The second-order valence-corrected chi connectivity index (χ2v) is 5.44. The van der Waals surface area contributed by atoms with Crippen molar-refractivity contribution in [2.24, 2.45) is 0 Å². The molecule has 0 unspecified atom stereocenters. The van der Waals surface area contributed by atoms with Crippen molar-refractivity contribution in [2.45, 2.75) is 6.36 Å². The van der Waals surface area contributed by atoms with Gasteiger partial charge in [-0.25, -0.2) is 8.78 Å². The molecular weight excluding hydrogens is 622 g/mol. The van der Waals surface area contributed by atoms with Crippen LogP contribution in [0.15, 0.2) is 60.7 Å². The Balaban J connectivity index is 0.00000261. The number of rotatable bonds is 3. The molecule has 0 bridgehead atoms. The quantitative estimate of drug-likeness (QED) is 0.364. The first kappa shape index (κ1) is 19.2. The van der Waals surface area contributed by atoms with Gasteiger partial charge in [-0.05, 0) is 46.5 Å². The largest absolute Gasteiger partial charge is 0.573 e. The Kier molecular flexibility index (Phi) is 5.01. The van der Waals surface area contributed by atoms with Crippen LogP contribution < -0.4 is 4.74 Å². The Morgan fingerprint density at radius 1 is 0.667 bits per heavy atom. The fourth-order valence-corrected chi connectivity index (χ4v) is 2.44. The van der Waals surface area contributed by atoms with Crippen molar-refractivity contribution in [3.8, 4) is 33.8 Å². The van der Waals surface area contributed by atoms with Crippen molar-refractivity contribution >= 4 is 0 Å². The molecule has 136 valence electrons. The molecule has 0 atom stereocenters. The molecule has 0 heterocycles. The number of hydrogen-bond acceptors (Lipinski definition) is 2. The molecular formula is C19H11F5O2Rf. The van der Waals surface area contributed by atoms with Crippen LogP contribution in [0.25, 0.3) is 22.3 Å². The van der Waals surface area contributed by atoms with Crippen LogP contribution in [0.1, 0.15) is 0 Å². The van der Waals surface area contributed by atoms with Gasteiger partial charge in [0.05, 0.1) is 0 Å². The van der Waals surface area contributed by atoms with Crippen LogP contribution in [0.3, 0.4) is 0 Å². The second kappa shape index (κ2) is 7.03. The second-order valence-electron chi connectivity index (χ2n) is 5.44. The van der Waals surface area contributed by atoms with Gasteiger partial charge in [0.1, 0.15) is 5.75 Å². The number of benzene rings is 3. The molecule has 27 heavy (non-hydrogen) atoms. The Morgan fingerprint density at radius 2 is 1.04 bits per heavy atom. The number of alkyl halides is 3. The summed E-state index contributed by atoms with van der Waals surface area (Å²) < 4.78 is 67.2. The standard InChI is InChI=1S/C19H11F5O2.Rf/c20-16-9-14(10-17(21)18(16)25)13-3-1-11(2-4-13)12-5-7-15(8-6-12)26-19(22,23)24;/h1-10,25H;. The van der Waals surface area contributed by atoms with E-state index in [1.54, 1.807) is 24.3 Å². The molecule has 3 rings (SSSR count). The minimum atomic E-state index is -4.75. The predicted molar refractivity (Wildman–Crippen MR) is 85.6 cm³/mol. The van der Waals surface area contributed by atoms with Crippen LogP contribution in [0.5, 0.6) is 11.5 Å². The van der Waals surface area contributed by atoms with E-state index in [2.05, 4.69) is 4.74 Å². The van der Waals surface area contributed by atoms with E-state index in [0.29, 0.717) is 16.7 Å². The minimum Gasteiger partial charge on any atom is -0.503 e. The van der Waals surface area contributed by atoms with Crippen LogP contribution >= 0.6 is 0 Å². The topological polar surface area (TPSA) is 29.5 Å². The summed E-state index contributed by atoms with van der Waals surface area (Å²) in [6.07, 6.45) is -4.75. The maximum Gasteiger partial charge on any atom is 0.573 e. The molecule has 8 heteroatoms. The normalized spacial score (nSPS) is 11.0. The third kappa shape index (κ3) is 4.31. The van der Waals surface area contributed by atoms with Crippen LogP contribution in [0.2, 0.25) is 0 Å². The fourth-order valence-electron chi connectivity index (χ4n) is 2.44. The maximum atomic E-state index is 13.4. The molecule has 0 radical (unpaired) electrons. The number of hydrogen-bond donors (Lipinski definition) is 1. The molecule has 3 aromatic carbocycles. The van der Waals surface area contributed by atoms with Crippen LogP contribution in [0.4, 0.5) is 22.0 Å². The molecule has 0 fully saturated rings. The van der Waals surface area contributed by atoms with Crippen molar-refractivity contribution in [1.82, 2.24) is 0 Å². The van der Waals surface area contributed by atoms with E-state index in [0.717, 1.165) is 12.1 Å². The fraction of sp³-hybridized carbons (Fsp3) is 0.0526. The van der Waals surface area contributed by atoms with Crippen molar-refractivity contribution in [2.75, 3.05) is 0 Å². The molecule has 0 spiro atoms. The Bertz CT molecular complexity index is 899. The number of phenols is 1. The van der Waals surface area contributed by atoms with E-state index < -0.39 is 23.7 Å². The summed E-state index contributed by atoms with van der Waals surface area (Å²) in [6.45, 7) is 0. The zero-order valence-corrected chi connectivity index (χ0v) is 20.1. The van der Waals surface area contributed by atoms with Gasteiger partial charge in [0.15, 0.2) is 17.4 Å². The monoisotopic (exact) mass is 633 g/mol. The zero-order chi connectivity index (χ0) is 18.9. The summed E-state index contributed by atoms with van der Waals surface area (Å²) in [5.41, 5.74) is 2.11. The van der Waals surface area contributed by atoms with E-state index in [9.17, 15) is 22.0 Å². The number of aromatic hydroxyl groups is 1. The van der Waals surface area contributed by atoms with E-state index in [-0.39, 0.29) is 11.3 Å². The summed E-state index contributed by atoms with van der Waals surface area (Å²) in [7, 11) is 0. The average molecular weight is 633 g/mol. The van der Waals surface area contributed by atoms with Gasteiger partial charge in [0.25, 0.3) is 0 Å². The van der Waals surface area contributed by atoms with Crippen molar-refractivity contribution in [3.63, 3.8) is 0 Å². The van der Waals surface area contributed by atoms with Gasteiger partial charge in [0.2, 0.25) is 0 Å².